The van der Waals surface area contributed by atoms with E-state index < -0.39 is 0 Å². The molecule has 4 heteroatoms. The zero-order valence-corrected chi connectivity index (χ0v) is 11.5. The average molecular weight is 253 g/mol. The van der Waals surface area contributed by atoms with Crippen LogP contribution in [0, 0.1) is 6.92 Å². The number of rotatable bonds is 4. The highest BCUT2D eigenvalue weighted by molar-refractivity contribution is 7.98. The SMILES string of the molecule is CSc1ccc(C)c(C(=O)N(C)C(C)CO)c1. The van der Waals surface area contributed by atoms with Gasteiger partial charge >= 0.3 is 0 Å². The molecular formula is C13H19NO2S. The summed E-state index contributed by atoms with van der Waals surface area (Å²) >= 11 is 1.61. The number of nitrogens with zero attached hydrogens (tertiary/aromatic N) is 1. The lowest BCUT2D eigenvalue weighted by molar-refractivity contribution is 0.0681. The van der Waals surface area contributed by atoms with E-state index in [2.05, 4.69) is 0 Å². The molecule has 17 heavy (non-hydrogen) atoms. The van der Waals surface area contributed by atoms with Gasteiger partial charge in [-0.25, -0.2) is 0 Å². The molecule has 0 fully saturated rings. The van der Waals surface area contributed by atoms with Crippen LogP contribution in [0.5, 0.6) is 0 Å². The Labute approximate surface area is 107 Å². The molecule has 1 unspecified atom stereocenters. The first-order valence-corrected chi connectivity index (χ1v) is 6.76. The van der Waals surface area contributed by atoms with Crippen LogP contribution in [0.4, 0.5) is 0 Å². The summed E-state index contributed by atoms with van der Waals surface area (Å²) in [6.07, 6.45) is 1.99. The average Bonchev–Trinajstić information content (AvgIpc) is 2.36. The maximum Gasteiger partial charge on any atom is 0.254 e. The van der Waals surface area contributed by atoms with Crippen LogP contribution >= 0.6 is 11.8 Å². The molecule has 0 aromatic heterocycles. The smallest absolute Gasteiger partial charge is 0.254 e. The van der Waals surface area contributed by atoms with Gasteiger partial charge in [0, 0.05) is 17.5 Å². The Kier molecular flexibility index (Phi) is 5.02. The summed E-state index contributed by atoms with van der Waals surface area (Å²) < 4.78 is 0. The highest BCUT2D eigenvalue weighted by Crippen LogP contribution is 2.20. The van der Waals surface area contributed by atoms with Crippen molar-refractivity contribution in [3.63, 3.8) is 0 Å². The Hall–Kier alpha value is -1.00. The van der Waals surface area contributed by atoms with Gasteiger partial charge in [-0.15, -0.1) is 11.8 Å². The van der Waals surface area contributed by atoms with Crippen molar-refractivity contribution in [1.82, 2.24) is 4.90 Å². The predicted octanol–water partition coefficient (Wildman–Crippen LogP) is 2.17. The molecule has 0 radical (unpaired) electrons. The van der Waals surface area contributed by atoms with Gasteiger partial charge in [0.15, 0.2) is 0 Å². The van der Waals surface area contributed by atoms with E-state index in [0.717, 1.165) is 10.5 Å². The van der Waals surface area contributed by atoms with E-state index in [1.807, 2.05) is 38.3 Å². The van der Waals surface area contributed by atoms with Crippen molar-refractivity contribution in [3.05, 3.63) is 29.3 Å². The fourth-order valence-electron chi connectivity index (χ4n) is 1.47. The lowest BCUT2D eigenvalue weighted by Gasteiger charge is -2.24. The summed E-state index contributed by atoms with van der Waals surface area (Å²) in [6.45, 7) is 3.73. The van der Waals surface area contributed by atoms with Crippen LogP contribution in [0.3, 0.4) is 0 Å². The lowest BCUT2D eigenvalue weighted by atomic mass is 10.1. The number of likely N-dealkylation sites (N-methyl/N-ethyl adjacent to an activating group) is 1. The van der Waals surface area contributed by atoms with Crippen molar-refractivity contribution in [2.75, 3.05) is 19.9 Å². The molecule has 0 aliphatic heterocycles. The van der Waals surface area contributed by atoms with Gasteiger partial charge in [-0.05, 0) is 37.8 Å². The van der Waals surface area contributed by atoms with Crippen molar-refractivity contribution in [2.45, 2.75) is 24.8 Å². The minimum atomic E-state index is -0.167. The fourth-order valence-corrected chi connectivity index (χ4v) is 1.91. The van der Waals surface area contributed by atoms with Gasteiger partial charge in [0.2, 0.25) is 0 Å². The fraction of sp³-hybridized carbons (Fsp3) is 0.462. The molecule has 94 valence electrons. The molecule has 1 aromatic carbocycles. The Balaban J connectivity index is 3.02. The van der Waals surface area contributed by atoms with Crippen LogP contribution in [0.15, 0.2) is 23.1 Å². The van der Waals surface area contributed by atoms with Gasteiger partial charge in [-0.2, -0.15) is 0 Å². The predicted molar refractivity (Wildman–Crippen MR) is 71.6 cm³/mol. The third-order valence-electron chi connectivity index (χ3n) is 2.92. The summed E-state index contributed by atoms with van der Waals surface area (Å²) in [4.78, 5) is 14.9. The van der Waals surface area contributed by atoms with Gasteiger partial charge in [0.25, 0.3) is 5.91 Å². The first kappa shape index (κ1) is 14.1. The summed E-state index contributed by atoms with van der Waals surface area (Å²) in [6, 6.07) is 5.70. The molecule has 1 N–H and O–H groups in total. The maximum atomic E-state index is 12.2. The zero-order valence-electron chi connectivity index (χ0n) is 10.7. The Morgan fingerprint density at radius 1 is 1.53 bits per heavy atom. The highest BCUT2D eigenvalue weighted by atomic mass is 32.2. The second kappa shape index (κ2) is 6.07. The number of benzene rings is 1. The third kappa shape index (κ3) is 3.23. The number of carbonyl (C=O) groups is 1. The summed E-state index contributed by atoms with van der Waals surface area (Å²) in [5, 5.41) is 9.07. The van der Waals surface area contributed by atoms with Crippen LogP contribution in [0.25, 0.3) is 0 Å². The second-order valence-electron chi connectivity index (χ2n) is 4.13. The van der Waals surface area contributed by atoms with E-state index in [-0.39, 0.29) is 18.6 Å². The van der Waals surface area contributed by atoms with Crippen LogP contribution in [0.2, 0.25) is 0 Å². The van der Waals surface area contributed by atoms with Crippen LogP contribution < -0.4 is 0 Å². The molecule has 1 rings (SSSR count). The van der Waals surface area contributed by atoms with E-state index in [1.54, 1.807) is 23.7 Å². The second-order valence-corrected chi connectivity index (χ2v) is 5.01. The first-order chi connectivity index (χ1) is 8.01. The molecule has 3 nitrogen and oxygen atoms in total. The number of aliphatic hydroxyl groups is 1. The van der Waals surface area contributed by atoms with Gasteiger partial charge in [-0.3, -0.25) is 4.79 Å². The Morgan fingerprint density at radius 3 is 2.71 bits per heavy atom. The monoisotopic (exact) mass is 253 g/mol. The van der Waals surface area contributed by atoms with Crippen molar-refractivity contribution >= 4 is 17.7 Å². The normalized spacial score (nSPS) is 12.3. The molecule has 0 heterocycles. The molecule has 0 saturated carbocycles. The molecule has 1 atom stereocenters. The highest BCUT2D eigenvalue weighted by Gasteiger charge is 2.18. The molecule has 0 aliphatic rings. The van der Waals surface area contributed by atoms with E-state index in [9.17, 15) is 4.79 Å². The zero-order chi connectivity index (χ0) is 13.0. The minimum Gasteiger partial charge on any atom is -0.394 e. The summed E-state index contributed by atoms with van der Waals surface area (Å²) in [5.74, 6) is -0.0417. The summed E-state index contributed by atoms with van der Waals surface area (Å²) in [7, 11) is 1.72. The number of thioether (sulfide) groups is 1. The molecule has 1 amide bonds. The molecule has 0 aliphatic carbocycles. The van der Waals surface area contributed by atoms with E-state index >= 15 is 0 Å². The Bertz CT molecular complexity index is 406. The number of aryl methyl sites for hydroxylation is 1. The molecule has 0 saturated heterocycles. The third-order valence-corrected chi connectivity index (χ3v) is 3.65. The van der Waals surface area contributed by atoms with Crippen molar-refractivity contribution in [3.8, 4) is 0 Å². The molecule has 0 bridgehead atoms. The summed E-state index contributed by atoms with van der Waals surface area (Å²) in [5.41, 5.74) is 1.67. The lowest BCUT2D eigenvalue weighted by Crippen LogP contribution is -2.37. The van der Waals surface area contributed by atoms with Crippen LogP contribution in [-0.4, -0.2) is 41.9 Å². The topological polar surface area (TPSA) is 40.5 Å². The molecular weight excluding hydrogens is 234 g/mol. The number of aliphatic hydroxyl groups excluding tert-OH is 1. The van der Waals surface area contributed by atoms with Gasteiger partial charge in [0.1, 0.15) is 0 Å². The first-order valence-electron chi connectivity index (χ1n) is 5.54. The molecule has 0 spiro atoms. The molecule has 1 aromatic rings. The van der Waals surface area contributed by atoms with Crippen molar-refractivity contribution < 1.29 is 9.90 Å². The van der Waals surface area contributed by atoms with Crippen molar-refractivity contribution in [1.29, 1.82) is 0 Å². The standard InChI is InChI=1S/C13H19NO2S/c1-9-5-6-11(17-4)7-12(9)13(16)14(3)10(2)8-15/h5-7,10,15H,8H2,1-4H3. The maximum absolute atomic E-state index is 12.2. The van der Waals surface area contributed by atoms with Crippen LogP contribution in [0.1, 0.15) is 22.8 Å². The van der Waals surface area contributed by atoms with Gasteiger partial charge in [-0.1, -0.05) is 6.07 Å². The van der Waals surface area contributed by atoms with E-state index in [1.165, 1.54) is 0 Å². The van der Waals surface area contributed by atoms with Crippen LogP contribution in [-0.2, 0) is 0 Å². The van der Waals surface area contributed by atoms with E-state index in [4.69, 9.17) is 5.11 Å². The number of carbonyl (C=O) groups excluding carboxylic acids is 1. The Morgan fingerprint density at radius 2 is 2.18 bits per heavy atom. The van der Waals surface area contributed by atoms with E-state index in [0.29, 0.717) is 5.56 Å². The quantitative estimate of drug-likeness (QED) is 0.836. The number of hydrogen-bond acceptors (Lipinski definition) is 3. The number of hydrogen-bond donors (Lipinski definition) is 1. The van der Waals surface area contributed by atoms with Crippen molar-refractivity contribution in [2.24, 2.45) is 0 Å². The van der Waals surface area contributed by atoms with Gasteiger partial charge in [0.05, 0.1) is 12.6 Å². The van der Waals surface area contributed by atoms with Gasteiger partial charge < -0.3 is 10.0 Å². The minimum absolute atomic E-state index is 0.0243. The number of amides is 1. The largest absolute Gasteiger partial charge is 0.394 e.